The number of hydrogen-bond acceptors (Lipinski definition) is 4. The van der Waals surface area contributed by atoms with Crippen LogP contribution in [0, 0.1) is 13.8 Å². The third kappa shape index (κ3) is 2.51. The summed E-state index contributed by atoms with van der Waals surface area (Å²) in [4.78, 5) is 19.1. The molecule has 0 spiro atoms. The van der Waals surface area contributed by atoms with Gasteiger partial charge < -0.3 is 9.64 Å². The van der Waals surface area contributed by atoms with Crippen LogP contribution >= 0.6 is 0 Å². The molecule has 0 radical (unpaired) electrons. The normalized spacial score (nSPS) is 19.2. The fraction of sp³-hybridized carbons (Fsp3) is 0.533. The second-order valence-electron chi connectivity index (χ2n) is 5.48. The summed E-state index contributed by atoms with van der Waals surface area (Å²) in [7, 11) is 0. The van der Waals surface area contributed by atoms with E-state index in [9.17, 15) is 4.79 Å². The van der Waals surface area contributed by atoms with Gasteiger partial charge in [-0.3, -0.25) is 4.79 Å². The van der Waals surface area contributed by atoms with Crippen molar-refractivity contribution in [1.29, 1.82) is 0 Å². The van der Waals surface area contributed by atoms with Gasteiger partial charge in [0.25, 0.3) is 5.91 Å². The minimum Gasteiger partial charge on any atom is -0.375 e. The summed E-state index contributed by atoms with van der Waals surface area (Å²) in [5, 5.41) is 4.29. The van der Waals surface area contributed by atoms with Crippen molar-refractivity contribution in [1.82, 2.24) is 19.5 Å². The van der Waals surface area contributed by atoms with E-state index in [4.69, 9.17) is 4.74 Å². The molecule has 6 nitrogen and oxygen atoms in total. The third-order valence-electron chi connectivity index (χ3n) is 3.89. The van der Waals surface area contributed by atoms with E-state index in [0.717, 1.165) is 17.8 Å². The summed E-state index contributed by atoms with van der Waals surface area (Å²) in [6.07, 6.45) is 2.66. The van der Waals surface area contributed by atoms with E-state index in [0.29, 0.717) is 30.9 Å². The SMILES string of the molecule is CC[C@H]1CN(C(=O)c2cnn3c(C)cc(C)nc23)CCO1. The molecule has 3 rings (SSSR count). The van der Waals surface area contributed by atoms with Gasteiger partial charge in [-0.2, -0.15) is 5.10 Å². The first-order valence-electron chi connectivity index (χ1n) is 7.33. The number of carbonyl (C=O) groups excluding carboxylic acids is 1. The molecule has 0 aromatic carbocycles. The zero-order valence-electron chi connectivity index (χ0n) is 12.7. The van der Waals surface area contributed by atoms with Gasteiger partial charge >= 0.3 is 0 Å². The Morgan fingerprint density at radius 1 is 1.48 bits per heavy atom. The lowest BCUT2D eigenvalue weighted by atomic mass is 10.2. The smallest absolute Gasteiger partial charge is 0.259 e. The van der Waals surface area contributed by atoms with Gasteiger partial charge in [-0.25, -0.2) is 9.50 Å². The summed E-state index contributed by atoms with van der Waals surface area (Å²) in [6, 6.07) is 1.95. The summed E-state index contributed by atoms with van der Waals surface area (Å²) < 4.78 is 7.34. The molecule has 6 heteroatoms. The molecule has 1 aliphatic heterocycles. The summed E-state index contributed by atoms with van der Waals surface area (Å²) >= 11 is 0. The predicted octanol–water partition coefficient (Wildman–Crippen LogP) is 1.60. The van der Waals surface area contributed by atoms with Crippen molar-refractivity contribution in [3.8, 4) is 0 Å². The monoisotopic (exact) mass is 288 g/mol. The van der Waals surface area contributed by atoms with Crippen LogP contribution in [-0.2, 0) is 4.74 Å². The number of morpholine rings is 1. The van der Waals surface area contributed by atoms with Crippen molar-refractivity contribution < 1.29 is 9.53 Å². The number of amides is 1. The molecule has 1 atom stereocenters. The van der Waals surface area contributed by atoms with Crippen LogP contribution < -0.4 is 0 Å². The van der Waals surface area contributed by atoms with E-state index in [-0.39, 0.29) is 12.0 Å². The Bertz CT molecular complexity index is 680. The zero-order chi connectivity index (χ0) is 15.0. The molecule has 1 saturated heterocycles. The Labute approximate surface area is 123 Å². The van der Waals surface area contributed by atoms with E-state index in [1.807, 2.05) is 24.8 Å². The molecular formula is C15H20N4O2. The zero-order valence-corrected chi connectivity index (χ0v) is 12.7. The Hall–Kier alpha value is -1.95. The van der Waals surface area contributed by atoms with Crippen molar-refractivity contribution >= 4 is 11.6 Å². The summed E-state index contributed by atoms with van der Waals surface area (Å²) in [5.41, 5.74) is 3.07. The molecule has 0 aliphatic carbocycles. The fourth-order valence-corrected chi connectivity index (χ4v) is 2.74. The molecule has 2 aromatic heterocycles. The fourth-order valence-electron chi connectivity index (χ4n) is 2.74. The van der Waals surface area contributed by atoms with E-state index in [2.05, 4.69) is 17.0 Å². The highest BCUT2D eigenvalue weighted by Gasteiger charge is 2.26. The Morgan fingerprint density at radius 2 is 2.29 bits per heavy atom. The van der Waals surface area contributed by atoms with Gasteiger partial charge in [-0.05, 0) is 26.3 Å². The van der Waals surface area contributed by atoms with Crippen LogP contribution in [0.5, 0.6) is 0 Å². The van der Waals surface area contributed by atoms with Gasteiger partial charge in [-0.15, -0.1) is 0 Å². The number of rotatable bonds is 2. The van der Waals surface area contributed by atoms with Crippen LogP contribution in [0.4, 0.5) is 0 Å². The van der Waals surface area contributed by atoms with Crippen molar-refractivity contribution in [3.63, 3.8) is 0 Å². The maximum atomic E-state index is 12.7. The number of fused-ring (bicyclic) bond motifs is 1. The topological polar surface area (TPSA) is 59.7 Å². The molecule has 0 unspecified atom stereocenters. The quantitative estimate of drug-likeness (QED) is 0.842. The minimum absolute atomic E-state index is 0.00995. The van der Waals surface area contributed by atoms with Gasteiger partial charge in [0.1, 0.15) is 5.56 Å². The van der Waals surface area contributed by atoms with Crippen LogP contribution in [0.15, 0.2) is 12.3 Å². The van der Waals surface area contributed by atoms with Crippen LogP contribution in [0.2, 0.25) is 0 Å². The van der Waals surface area contributed by atoms with Crippen molar-refractivity contribution in [2.24, 2.45) is 0 Å². The molecule has 1 fully saturated rings. The molecule has 1 amide bonds. The molecule has 3 heterocycles. The maximum Gasteiger partial charge on any atom is 0.259 e. The van der Waals surface area contributed by atoms with E-state index in [1.54, 1.807) is 10.7 Å². The standard InChI is InChI=1S/C15H20N4O2/c1-4-12-9-18(5-6-21-12)15(20)13-8-16-19-11(3)7-10(2)17-14(13)19/h7-8,12H,4-6,9H2,1-3H3/t12-/m0/s1. The lowest BCUT2D eigenvalue weighted by Crippen LogP contribution is -2.45. The van der Waals surface area contributed by atoms with Crippen molar-refractivity contribution in [2.75, 3.05) is 19.7 Å². The molecule has 2 aromatic rings. The van der Waals surface area contributed by atoms with E-state index < -0.39 is 0 Å². The number of aryl methyl sites for hydroxylation is 2. The predicted molar refractivity (Wildman–Crippen MR) is 78.4 cm³/mol. The minimum atomic E-state index is -0.00995. The Balaban J connectivity index is 1.95. The lowest BCUT2D eigenvalue weighted by Gasteiger charge is -2.32. The molecule has 1 aliphatic rings. The highest BCUT2D eigenvalue weighted by molar-refractivity contribution is 5.99. The molecular weight excluding hydrogens is 268 g/mol. The third-order valence-corrected chi connectivity index (χ3v) is 3.89. The summed E-state index contributed by atoms with van der Waals surface area (Å²) in [6.45, 7) is 7.81. The van der Waals surface area contributed by atoms with Crippen LogP contribution in [0.25, 0.3) is 5.65 Å². The van der Waals surface area contributed by atoms with E-state index in [1.165, 1.54) is 0 Å². The largest absolute Gasteiger partial charge is 0.375 e. The Kier molecular flexibility index (Phi) is 3.63. The second kappa shape index (κ2) is 5.44. The first kappa shape index (κ1) is 14.0. The maximum absolute atomic E-state index is 12.7. The van der Waals surface area contributed by atoms with Crippen molar-refractivity contribution in [3.05, 3.63) is 29.2 Å². The first-order chi connectivity index (χ1) is 10.1. The average molecular weight is 288 g/mol. The molecule has 112 valence electrons. The van der Waals surface area contributed by atoms with Crippen LogP contribution in [0.3, 0.4) is 0 Å². The highest BCUT2D eigenvalue weighted by atomic mass is 16.5. The molecule has 0 N–H and O–H groups in total. The number of aromatic nitrogens is 3. The molecule has 0 saturated carbocycles. The average Bonchev–Trinajstić information content (AvgIpc) is 2.90. The number of nitrogens with zero attached hydrogens (tertiary/aromatic N) is 4. The number of carbonyl (C=O) groups is 1. The first-order valence-corrected chi connectivity index (χ1v) is 7.33. The summed E-state index contributed by atoms with van der Waals surface area (Å²) in [5.74, 6) is -0.00995. The molecule has 0 bridgehead atoms. The van der Waals surface area contributed by atoms with Gasteiger partial charge in [0.15, 0.2) is 5.65 Å². The highest BCUT2D eigenvalue weighted by Crippen LogP contribution is 2.17. The van der Waals surface area contributed by atoms with Gasteiger partial charge in [0.05, 0.1) is 18.9 Å². The second-order valence-corrected chi connectivity index (χ2v) is 5.48. The number of hydrogen-bond donors (Lipinski definition) is 0. The molecule has 21 heavy (non-hydrogen) atoms. The Morgan fingerprint density at radius 3 is 3.05 bits per heavy atom. The van der Waals surface area contributed by atoms with Crippen molar-refractivity contribution in [2.45, 2.75) is 33.3 Å². The lowest BCUT2D eigenvalue weighted by molar-refractivity contribution is -0.0225. The van der Waals surface area contributed by atoms with Gasteiger partial charge in [0.2, 0.25) is 0 Å². The number of ether oxygens (including phenoxy) is 1. The van der Waals surface area contributed by atoms with Gasteiger partial charge in [-0.1, -0.05) is 6.92 Å². The van der Waals surface area contributed by atoms with Crippen LogP contribution in [0.1, 0.15) is 35.1 Å². The van der Waals surface area contributed by atoms with Gasteiger partial charge in [0, 0.05) is 24.5 Å². The van der Waals surface area contributed by atoms with Crippen LogP contribution in [-0.4, -0.2) is 51.2 Å². The van der Waals surface area contributed by atoms with E-state index >= 15 is 0 Å².